The minimum atomic E-state index is -0.328. The number of ether oxygens (including phenoxy) is 1. The van der Waals surface area contributed by atoms with Crippen LogP contribution in [0, 0.1) is 11.8 Å². The van der Waals surface area contributed by atoms with E-state index in [-0.39, 0.29) is 5.60 Å². The van der Waals surface area contributed by atoms with Gasteiger partial charge in [-0.05, 0) is 31.6 Å². The molecule has 2 atom stereocenters. The third kappa shape index (κ3) is 1.62. The van der Waals surface area contributed by atoms with E-state index in [2.05, 4.69) is 0 Å². The Kier molecular flexibility index (Phi) is 2.61. The highest BCUT2D eigenvalue weighted by Crippen LogP contribution is 2.60. The standard InChI is InChI=1S/C11H20O2/c1-2-13-8-7-11(12)9-5-3-4-6-10(9)11/h9-10,12H,2-8H2,1H3. The lowest BCUT2D eigenvalue weighted by atomic mass is 10.0. The maximum atomic E-state index is 10.2. The fraction of sp³-hybridized carbons (Fsp3) is 1.00. The van der Waals surface area contributed by atoms with Crippen LogP contribution in [0.1, 0.15) is 39.0 Å². The van der Waals surface area contributed by atoms with Crippen LogP contribution in [0.25, 0.3) is 0 Å². The number of rotatable bonds is 4. The van der Waals surface area contributed by atoms with Crippen molar-refractivity contribution >= 4 is 0 Å². The SMILES string of the molecule is CCOCCC1(O)C2CCCCC21. The number of hydrogen-bond acceptors (Lipinski definition) is 2. The second-order valence-electron chi connectivity index (χ2n) is 4.44. The predicted molar refractivity (Wildman–Crippen MR) is 51.5 cm³/mol. The van der Waals surface area contributed by atoms with Crippen LogP contribution in [0.15, 0.2) is 0 Å². The molecule has 0 aromatic carbocycles. The predicted octanol–water partition coefficient (Wildman–Crippen LogP) is 1.96. The fourth-order valence-corrected chi connectivity index (χ4v) is 2.97. The Hall–Kier alpha value is -0.0800. The van der Waals surface area contributed by atoms with Gasteiger partial charge in [0.1, 0.15) is 0 Å². The van der Waals surface area contributed by atoms with Crippen LogP contribution in [0.2, 0.25) is 0 Å². The topological polar surface area (TPSA) is 29.5 Å². The van der Waals surface area contributed by atoms with Crippen LogP contribution < -0.4 is 0 Å². The van der Waals surface area contributed by atoms with Gasteiger partial charge in [0, 0.05) is 19.6 Å². The summed E-state index contributed by atoms with van der Waals surface area (Å²) in [4.78, 5) is 0. The van der Waals surface area contributed by atoms with Gasteiger partial charge < -0.3 is 9.84 Å². The van der Waals surface area contributed by atoms with E-state index in [4.69, 9.17) is 4.74 Å². The Balaban J connectivity index is 1.78. The molecule has 2 nitrogen and oxygen atoms in total. The van der Waals surface area contributed by atoms with Crippen LogP contribution >= 0.6 is 0 Å². The largest absolute Gasteiger partial charge is 0.389 e. The zero-order valence-electron chi connectivity index (χ0n) is 8.46. The van der Waals surface area contributed by atoms with Crippen LogP contribution in [0.4, 0.5) is 0 Å². The average molecular weight is 184 g/mol. The first-order valence-corrected chi connectivity index (χ1v) is 5.59. The molecular formula is C11H20O2. The quantitative estimate of drug-likeness (QED) is 0.677. The van der Waals surface area contributed by atoms with Crippen LogP contribution in [-0.2, 0) is 4.74 Å². The maximum absolute atomic E-state index is 10.2. The summed E-state index contributed by atoms with van der Waals surface area (Å²) in [5, 5.41) is 10.2. The average Bonchev–Trinajstić information content (AvgIpc) is 2.75. The third-order valence-electron chi connectivity index (χ3n) is 3.79. The van der Waals surface area contributed by atoms with Gasteiger partial charge in [-0.3, -0.25) is 0 Å². The molecule has 0 saturated heterocycles. The second kappa shape index (κ2) is 3.58. The summed E-state index contributed by atoms with van der Waals surface area (Å²) in [6, 6.07) is 0. The van der Waals surface area contributed by atoms with E-state index in [1.807, 2.05) is 6.92 Å². The van der Waals surface area contributed by atoms with E-state index in [1.54, 1.807) is 0 Å². The van der Waals surface area contributed by atoms with Gasteiger partial charge in [0.05, 0.1) is 5.60 Å². The molecule has 2 fully saturated rings. The summed E-state index contributed by atoms with van der Waals surface area (Å²) in [6.07, 6.45) is 5.98. The van der Waals surface area contributed by atoms with E-state index < -0.39 is 0 Å². The molecule has 0 aromatic rings. The molecule has 76 valence electrons. The summed E-state index contributed by atoms with van der Waals surface area (Å²) in [5.41, 5.74) is -0.328. The molecule has 2 aliphatic carbocycles. The summed E-state index contributed by atoms with van der Waals surface area (Å²) < 4.78 is 5.30. The van der Waals surface area contributed by atoms with E-state index in [1.165, 1.54) is 25.7 Å². The van der Waals surface area contributed by atoms with Crippen molar-refractivity contribution in [2.24, 2.45) is 11.8 Å². The molecule has 0 bridgehead atoms. The molecule has 0 spiro atoms. The Bertz CT molecular complexity index is 167. The molecule has 2 unspecified atom stereocenters. The van der Waals surface area contributed by atoms with E-state index in [0.29, 0.717) is 11.8 Å². The molecule has 0 radical (unpaired) electrons. The molecule has 0 amide bonds. The van der Waals surface area contributed by atoms with Gasteiger partial charge in [0.15, 0.2) is 0 Å². The van der Waals surface area contributed by atoms with Gasteiger partial charge in [-0.2, -0.15) is 0 Å². The molecule has 2 rings (SSSR count). The highest BCUT2D eigenvalue weighted by Gasteiger charge is 2.62. The van der Waals surface area contributed by atoms with E-state index >= 15 is 0 Å². The van der Waals surface area contributed by atoms with Crippen molar-refractivity contribution in [3.8, 4) is 0 Å². The maximum Gasteiger partial charge on any atom is 0.0733 e. The summed E-state index contributed by atoms with van der Waals surface area (Å²) >= 11 is 0. The van der Waals surface area contributed by atoms with Gasteiger partial charge in [-0.15, -0.1) is 0 Å². The summed E-state index contributed by atoms with van der Waals surface area (Å²) in [7, 11) is 0. The Morgan fingerprint density at radius 2 is 1.92 bits per heavy atom. The zero-order valence-corrected chi connectivity index (χ0v) is 8.46. The van der Waals surface area contributed by atoms with Crippen molar-refractivity contribution in [1.82, 2.24) is 0 Å². The second-order valence-corrected chi connectivity index (χ2v) is 4.44. The molecule has 2 heteroatoms. The van der Waals surface area contributed by atoms with Crippen molar-refractivity contribution in [1.29, 1.82) is 0 Å². The third-order valence-corrected chi connectivity index (χ3v) is 3.79. The van der Waals surface area contributed by atoms with Crippen LogP contribution in [0.5, 0.6) is 0 Å². The van der Waals surface area contributed by atoms with Gasteiger partial charge in [-0.1, -0.05) is 12.8 Å². The molecule has 0 heterocycles. The number of hydrogen-bond donors (Lipinski definition) is 1. The highest BCUT2D eigenvalue weighted by molar-refractivity contribution is 5.12. The first-order chi connectivity index (χ1) is 6.29. The number of aliphatic hydroxyl groups is 1. The van der Waals surface area contributed by atoms with Crippen LogP contribution in [-0.4, -0.2) is 23.9 Å². The monoisotopic (exact) mass is 184 g/mol. The summed E-state index contributed by atoms with van der Waals surface area (Å²) in [5.74, 6) is 1.23. The molecule has 13 heavy (non-hydrogen) atoms. The molecule has 0 aromatic heterocycles. The van der Waals surface area contributed by atoms with Gasteiger partial charge >= 0.3 is 0 Å². The van der Waals surface area contributed by atoms with Gasteiger partial charge in [-0.25, -0.2) is 0 Å². The lowest BCUT2D eigenvalue weighted by molar-refractivity contribution is 0.0569. The Morgan fingerprint density at radius 1 is 1.31 bits per heavy atom. The van der Waals surface area contributed by atoms with Gasteiger partial charge in [0.25, 0.3) is 0 Å². The van der Waals surface area contributed by atoms with Crippen molar-refractivity contribution in [3.05, 3.63) is 0 Å². The van der Waals surface area contributed by atoms with Crippen molar-refractivity contribution in [3.63, 3.8) is 0 Å². The van der Waals surface area contributed by atoms with Crippen molar-refractivity contribution in [2.45, 2.75) is 44.6 Å². The first kappa shape index (κ1) is 9.47. The molecule has 2 aliphatic rings. The minimum absolute atomic E-state index is 0.328. The molecular weight excluding hydrogens is 164 g/mol. The lowest BCUT2D eigenvalue weighted by Gasteiger charge is -2.09. The Morgan fingerprint density at radius 3 is 2.46 bits per heavy atom. The van der Waals surface area contributed by atoms with Crippen molar-refractivity contribution < 1.29 is 9.84 Å². The number of fused-ring (bicyclic) bond motifs is 1. The van der Waals surface area contributed by atoms with Crippen molar-refractivity contribution in [2.75, 3.05) is 13.2 Å². The smallest absolute Gasteiger partial charge is 0.0733 e. The molecule has 1 N–H and O–H groups in total. The fourth-order valence-electron chi connectivity index (χ4n) is 2.97. The zero-order chi connectivity index (χ0) is 9.31. The normalized spacial score (nSPS) is 42.9. The molecule has 0 aliphatic heterocycles. The lowest BCUT2D eigenvalue weighted by Crippen LogP contribution is -2.16. The van der Waals surface area contributed by atoms with Gasteiger partial charge in [0.2, 0.25) is 0 Å². The van der Waals surface area contributed by atoms with E-state index in [0.717, 1.165) is 19.6 Å². The summed E-state index contributed by atoms with van der Waals surface area (Å²) in [6.45, 7) is 3.51. The first-order valence-electron chi connectivity index (χ1n) is 5.59. The Labute approximate surface area is 80.3 Å². The molecule has 2 saturated carbocycles. The van der Waals surface area contributed by atoms with Crippen LogP contribution in [0.3, 0.4) is 0 Å². The minimum Gasteiger partial charge on any atom is -0.389 e. The van der Waals surface area contributed by atoms with E-state index in [9.17, 15) is 5.11 Å². The highest BCUT2D eigenvalue weighted by atomic mass is 16.5.